The van der Waals surface area contributed by atoms with E-state index < -0.39 is 60.8 Å². The van der Waals surface area contributed by atoms with Crippen LogP contribution in [0.5, 0.6) is 11.5 Å². The van der Waals surface area contributed by atoms with Crippen molar-refractivity contribution in [3.63, 3.8) is 0 Å². The first-order valence-corrected chi connectivity index (χ1v) is 11.1. The van der Waals surface area contributed by atoms with E-state index in [-0.39, 0.29) is 24.3 Å². The molecule has 2 rings (SSSR count). The molecule has 0 aliphatic rings. The van der Waals surface area contributed by atoms with E-state index in [2.05, 4.69) is 16.0 Å². The summed E-state index contributed by atoms with van der Waals surface area (Å²) in [5, 5.41) is 44.0. The number of amides is 3. The number of carbonyl (C=O) groups excluding carboxylic acids is 3. The number of nitrogens with one attached hydrogen (secondary N) is 3. The zero-order chi connectivity index (χ0) is 27.5. The minimum Gasteiger partial charge on any atom is -0.508 e. The Kier molecular flexibility index (Phi) is 10.4. The summed E-state index contributed by atoms with van der Waals surface area (Å²) >= 11 is 0. The third kappa shape index (κ3) is 9.85. The Morgan fingerprint density at radius 3 is 1.68 bits per heavy atom. The van der Waals surface area contributed by atoms with Crippen LogP contribution < -0.4 is 21.7 Å². The molecule has 0 aromatic heterocycles. The van der Waals surface area contributed by atoms with Crippen molar-refractivity contribution in [1.82, 2.24) is 16.0 Å². The van der Waals surface area contributed by atoms with Crippen molar-refractivity contribution in [3.8, 4) is 11.5 Å². The van der Waals surface area contributed by atoms with Gasteiger partial charge in [-0.3, -0.25) is 19.2 Å². The van der Waals surface area contributed by atoms with Crippen LogP contribution in [-0.2, 0) is 36.8 Å². The second kappa shape index (κ2) is 13.4. The Morgan fingerprint density at radius 1 is 0.730 bits per heavy atom. The molecule has 0 aliphatic heterocycles. The third-order valence-electron chi connectivity index (χ3n) is 5.17. The molecule has 0 saturated heterocycles. The molecule has 9 N–H and O–H groups in total. The van der Waals surface area contributed by atoms with Gasteiger partial charge in [0.15, 0.2) is 0 Å². The molecule has 0 saturated carbocycles. The zero-order valence-electron chi connectivity index (χ0n) is 19.6. The van der Waals surface area contributed by atoms with Crippen molar-refractivity contribution in [2.75, 3.05) is 6.54 Å². The van der Waals surface area contributed by atoms with Gasteiger partial charge < -0.3 is 42.1 Å². The molecule has 2 aromatic rings. The highest BCUT2D eigenvalue weighted by atomic mass is 16.4. The number of aromatic hydroxyl groups is 2. The molecule has 0 spiro atoms. The molecule has 2 aromatic carbocycles. The number of nitrogens with two attached hydrogens (primary N) is 1. The molecular weight excluding hydrogens is 488 g/mol. The Labute approximate surface area is 211 Å². The molecule has 13 heteroatoms. The van der Waals surface area contributed by atoms with Gasteiger partial charge in [0.1, 0.15) is 23.6 Å². The van der Waals surface area contributed by atoms with Crippen molar-refractivity contribution in [3.05, 3.63) is 59.7 Å². The van der Waals surface area contributed by atoms with Gasteiger partial charge in [-0.2, -0.15) is 0 Å². The Hall–Kier alpha value is -4.65. The molecule has 3 unspecified atom stereocenters. The summed E-state index contributed by atoms with van der Waals surface area (Å²) in [6.07, 6.45) is -0.812. The van der Waals surface area contributed by atoms with E-state index in [4.69, 9.17) is 10.8 Å². The van der Waals surface area contributed by atoms with E-state index in [1.54, 1.807) is 0 Å². The largest absolute Gasteiger partial charge is 0.508 e. The fourth-order valence-electron chi connectivity index (χ4n) is 3.24. The number of phenolic OH excluding ortho intramolecular Hbond substituents is 2. The molecule has 0 aliphatic carbocycles. The summed E-state index contributed by atoms with van der Waals surface area (Å²) < 4.78 is 0. The fraction of sp³-hybridized carbons (Fsp3) is 0.292. The topological polar surface area (TPSA) is 228 Å². The predicted molar refractivity (Wildman–Crippen MR) is 128 cm³/mol. The number of aliphatic carboxylic acids is 2. The fourth-order valence-corrected chi connectivity index (χ4v) is 3.24. The lowest BCUT2D eigenvalue weighted by molar-refractivity contribution is -0.141. The summed E-state index contributed by atoms with van der Waals surface area (Å²) in [6.45, 7) is -0.610. The van der Waals surface area contributed by atoms with Gasteiger partial charge >= 0.3 is 11.9 Å². The van der Waals surface area contributed by atoms with E-state index in [0.717, 1.165) is 0 Å². The van der Waals surface area contributed by atoms with Crippen molar-refractivity contribution >= 4 is 29.7 Å². The number of hydrogen-bond acceptors (Lipinski definition) is 8. The van der Waals surface area contributed by atoms with E-state index in [1.807, 2.05) is 0 Å². The molecule has 3 atom stereocenters. The van der Waals surface area contributed by atoms with Crippen LogP contribution in [0.25, 0.3) is 0 Å². The first-order chi connectivity index (χ1) is 17.4. The molecule has 0 heterocycles. The molecule has 0 fully saturated rings. The van der Waals surface area contributed by atoms with Crippen LogP contribution in [-0.4, -0.2) is 74.8 Å². The second-order valence-corrected chi connectivity index (χ2v) is 8.18. The molecular formula is C24H28N4O9. The minimum absolute atomic E-state index is 0.000221. The van der Waals surface area contributed by atoms with Gasteiger partial charge in [0.05, 0.1) is 19.0 Å². The highest BCUT2D eigenvalue weighted by molar-refractivity contribution is 5.93. The number of rotatable bonds is 13. The predicted octanol–water partition coefficient (Wildman–Crippen LogP) is -1.14. The quantitative estimate of drug-likeness (QED) is 0.159. The smallest absolute Gasteiger partial charge is 0.326 e. The summed E-state index contributed by atoms with van der Waals surface area (Å²) in [5.74, 6) is -5.14. The van der Waals surface area contributed by atoms with Crippen LogP contribution in [0.1, 0.15) is 17.5 Å². The van der Waals surface area contributed by atoms with Crippen LogP contribution in [0.4, 0.5) is 0 Å². The van der Waals surface area contributed by atoms with Crippen molar-refractivity contribution in [2.24, 2.45) is 5.73 Å². The van der Waals surface area contributed by atoms with Gasteiger partial charge in [0, 0.05) is 12.8 Å². The molecule has 198 valence electrons. The van der Waals surface area contributed by atoms with Crippen LogP contribution in [0.15, 0.2) is 48.5 Å². The molecule has 3 amide bonds. The second-order valence-electron chi connectivity index (χ2n) is 8.18. The van der Waals surface area contributed by atoms with Crippen molar-refractivity contribution in [2.45, 2.75) is 37.4 Å². The molecule has 37 heavy (non-hydrogen) atoms. The lowest BCUT2D eigenvalue weighted by Gasteiger charge is -2.21. The Bertz CT molecular complexity index is 1120. The first-order valence-electron chi connectivity index (χ1n) is 11.1. The van der Waals surface area contributed by atoms with Gasteiger partial charge in [0.25, 0.3) is 0 Å². The normalized spacial score (nSPS) is 13.0. The summed E-state index contributed by atoms with van der Waals surface area (Å²) in [7, 11) is 0. The maximum atomic E-state index is 12.8. The minimum atomic E-state index is -1.42. The van der Waals surface area contributed by atoms with Gasteiger partial charge in [-0.05, 0) is 35.4 Å². The number of benzene rings is 2. The number of carboxylic acids is 2. The van der Waals surface area contributed by atoms with Gasteiger partial charge in [-0.1, -0.05) is 24.3 Å². The Morgan fingerprint density at radius 2 is 1.22 bits per heavy atom. The average molecular weight is 517 g/mol. The third-order valence-corrected chi connectivity index (χ3v) is 5.17. The zero-order valence-corrected chi connectivity index (χ0v) is 19.6. The SMILES string of the molecule is NC(CC(=O)O)C(=O)NC(Cc1ccc(O)cc1)C(=O)NCC(=O)NC(Cc1ccc(O)cc1)C(=O)O. The van der Waals surface area contributed by atoms with Gasteiger partial charge in [-0.15, -0.1) is 0 Å². The molecule has 13 nitrogen and oxygen atoms in total. The van der Waals surface area contributed by atoms with Crippen molar-refractivity contribution in [1.29, 1.82) is 0 Å². The van der Waals surface area contributed by atoms with E-state index in [9.17, 15) is 39.3 Å². The monoisotopic (exact) mass is 516 g/mol. The molecule has 0 radical (unpaired) electrons. The van der Waals surface area contributed by atoms with Gasteiger partial charge in [-0.25, -0.2) is 4.79 Å². The van der Waals surface area contributed by atoms with E-state index in [0.29, 0.717) is 11.1 Å². The lowest BCUT2D eigenvalue weighted by Crippen LogP contribution is -2.54. The maximum absolute atomic E-state index is 12.8. The number of phenols is 2. The lowest BCUT2D eigenvalue weighted by atomic mass is 10.0. The van der Waals surface area contributed by atoms with E-state index >= 15 is 0 Å². The van der Waals surface area contributed by atoms with Crippen molar-refractivity contribution < 1.29 is 44.4 Å². The number of hydrogen-bond donors (Lipinski definition) is 8. The van der Waals surface area contributed by atoms with Crippen LogP contribution in [0, 0.1) is 0 Å². The van der Waals surface area contributed by atoms with Crippen LogP contribution in [0.3, 0.4) is 0 Å². The summed E-state index contributed by atoms with van der Waals surface area (Å²) in [4.78, 5) is 59.9. The highest BCUT2D eigenvalue weighted by Gasteiger charge is 2.26. The standard InChI is InChI=1S/C24H28N4O9/c25-17(11-21(32)33)22(34)28-18(9-13-1-5-15(29)6-2-13)23(35)26-12-20(31)27-19(24(36)37)10-14-3-7-16(30)8-4-14/h1-8,17-19,29-30H,9-12,25H2,(H,26,35)(H,27,31)(H,28,34)(H,32,33)(H,36,37). The number of carbonyl (C=O) groups is 5. The first kappa shape index (κ1) is 28.6. The van der Waals surface area contributed by atoms with E-state index in [1.165, 1.54) is 48.5 Å². The molecule has 0 bridgehead atoms. The Balaban J connectivity index is 2.03. The number of carboxylic acid groups (broad SMARTS) is 2. The average Bonchev–Trinajstić information content (AvgIpc) is 2.83. The summed E-state index contributed by atoms with van der Waals surface area (Å²) in [6, 6.07) is 7.53. The van der Waals surface area contributed by atoms with Crippen LogP contribution >= 0.6 is 0 Å². The van der Waals surface area contributed by atoms with Crippen LogP contribution in [0.2, 0.25) is 0 Å². The highest BCUT2D eigenvalue weighted by Crippen LogP contribution is 2.13. The van der Waals surface area contributed by atoms with Gasteiger partial charge in [0.2, 0.25) is 17.7 Å². The maximum Gasteiger partial charge on any atom is 0.326 e. The summed E-state index contributed by atoms with van der Waals surface area (Å²) in [5.41, 5.74) is 6.65.